The number of nitrogen functional groups attached to an aromatic ring is 1. The van der Waals surface area contributed by atoms with E-state index in [0.717, 1.165) is 54.1 Å². The van der Waals surface area contributed by atoms with Crippen LogP contribution in [0.15, 0.2) is 49.1 Å². The fourth-order valence-electron chi connectivity index (χ4n) is 4.44. The van der Waals surface area contributed by atoms with Crippen molar-refractivity contribution in [2.45, 2.75) is 25.3 Å². The minimum atomic E-state index is 0.156. The van der Waals surface area contributed by atoms with Gasteiger partial charge in [-0.1, -0.05) is 11.6 Å². The van der Waals surface area contributed by atoms with E-state index in [1.807, 2.05) is 35.1 Å². The third-order valence-electron chi connectivity index (χ3n) is 6.12. The zero-order chi connectivity index (χ0) is 22.9. The van der Waals surface area contributed by atoms with Crippen molar-refractivity contribution in [2.24, 2.45) is 5.73 Å². The lowest BCUT2D eigenvalue weighted by Crippen LogP contribution is -2.43. The zero-order valence-electron chi connectivity index (χ0n) is 18.4. The number of rotatable bonds is 5. The first-order chi connectivity index (χ1) is 16.0. The Kier molecular flexibility index (Phi) is 5.78. The van der Waals surface area contributed by atoms with Gasteiger partial charge in [0.15, 0.2) is 11.5 Å². The maximum atomic E-state index is 6.56. The summed E-state index contributed by atoms with van der Waals surface area (Å²) in [6, 6.07) is 7.89. The van der Waals surface area contributed by atoms with Gasteiger partial charge >= 0.3 is 0 Å². The molecule has 0 unspecified atom stereocenters. The third-order valence-corrected chi connectivity index (χ3v) is 6.43. The number of benzene rings is 1. The Balaban J connectivity index is 1.59. The van der Waals surface area contributed by atoms with Gasteiger partial charge in [-0.25, -0.2) is 9.97 Å². The molecule has 1 aliphatic heterocycles. The summed E-state index contributed by atoms with van der Waals surface area (Å²) in [4.78, 5) is 15.7. The molecular formula is C24H26ClN7O. The van der Waals surface area contributed by atoms with E-state index < -0.39 is 0 Å². The summed E-state index contributed by atoms with van der Waals surface area (Å²) in [5, 5.41) is 0.592. The molecule has 1 aromatic carbocycles. The van der Waals surface area contributed by atoms with Crippen molar-refractivity contribution in [2.75, 3.05) is 30.8 Å². The zero-order valence-corrected chi connectivity index (χ0v) is 19.2. The summed E-state index contributed by atoms with van der Waals surface area (Å²) < 4.78 is 7.27. The Labute approximate surface area is 197 Å². The largest absolute Gasteiger partial charge is 0.497 e. The Hall–Kier alpha value is -3.36. The minimum absolute atomic E-state index is 0.156. The minimum Gasteiger partial charge on any atom is -0.497 e. The molecule has 1 atom stereocenters. The van der Waals surface area contributed by atoms with Crippen LogP contribution in [0.4, 0.5) is 11.5 Å². The van der Waals surface area contributed by atoms with Crippen LogP contribution in [0.1, 0.15) is 24.1 Å². The second kappa shape index (κ2) is 8.88. The van der Waals surface area contributed by atoms with Gasteiger partial charge in [0.1, 0.15) is 5.75 Å². The average Bonchev–Trinajstić information content (AvgIpc) is 3.23. The van der Waals surface area contributed by atoms with Crippen LogP contribution in [0.5, 0.6) is 5.75 Å². The second-order valence-electron chi connectivity index (χ2n) is 8.32. The number of hydrogen-bond acceptors (Lipinski definition) is 7. The third kappa shape index (κ3) is 4.19. The summed E-state index contributed by atoms with van der Waals surface area (Å²) in [5.41, 5.74) is 17.8. The van der Waals surface area contributed by atoms with Crippen LogP contribution in [-0.2, 0) is 6.42 Å². The number of aromatic nitrogens is 4. The number of nitrogens with zero attached hydrogens (tertiary/aromatic N) is 5. The lowest BCUT2D eigenvalue weighted by atomic mass is 10.0. The molecule has 1 fully saturated rings. The van der Waals surface area contributed by atoms with E-state index in [2.05, 4.69) is 20.9 Å². The number of pyridine rings is 1. The Morgan fingerprint density at radius 1 is 1.18 bits per heavy atom. The molecule has 33 heavy (non-hydrogen) atoms. The molecular weight excluding hydrogens is 438 g/mol. The first-order valence-corrected chi connectivity index (χ1v) is 11.3. The molecule has 0 saturated carbocycles. The normalized spacial score (nSPS) is 16.3. The Bertz CT molecular complexity index is 1310. The van der Waals surface area contributed by atoms with E-state index in [1.165, 1.54) is 0 Å². The molecule has 4 aromatic rings. The quantitative estimate of drug-likeness (QED) is 0.466. The van der Waals surface area contributed by atoms with E-state index in [1.54, 1.807) is 19.4 Å². The van der Waals surface area contributed by atoms with Gasteiger partial charge < -0.3 is 21.1 Å². The predicted molar refractivity (Wildman–Crippen MR) is 131 cm³/mol. The number of anilines is 2. The van der Waals surface area contributed by atoms with Crippen molar-refractivity contribution in [3.8, 4) is 17.0 Å². The van der Waals surface area contributed by atoms with Crippen molar-refractivity contribution in [3.05, 3.63) is 65.3 Å². The molecule has 0 amide bonds. The highest BCUT2D eigenvalue weighted by atomic mass is 35.5. The van der Waals surface area contributed by atoms with E-state index >= 15 is 0 Å². The SMILES string of the molecule is COc1ccc(-c2cc(Cc3cnc4c(N)nccn34)c(N3CCC[C@@H](N)C3)cn2)c(Cl)c1. The summed E-state index contributed by atoms with van der Waals surface area (Å²) in [6.07, 6.45) is 10.1. The number of halogens is 1. The van der Waals surface area contributed by atoms with E-state index in [-0.39, 0.29) is 6.04 Å². The predicted octanol–water partition coefficient (Wildman–Crippen LogP) is 3.55. The van der Waals surface area contributed by atoms with Gasteiger partial charge in [0.25, 0.3) is 0 Å². The number of hydrogen-bond donors (Lipinski definition) is 2. The van der Waals surface area contributed by atoms with Gasteiger partial charge in [-0.2, -0.15) is 0 Å². The highest BCUT2D eigenvalue weighted by Gasteiger charge is 2.21. The van der Waals surface area contributed by atoms with Crippen LogP contribution in [0.25, 0.3) is 16.9 Å². The van der Waals surface area contributed by atoms with Crippen molar-refractivity contribution in [3.63, 3.8) is 0 Å². The smallest absolute Gasteiger partial charge is 0.180 e. The van der Waals surface area contributed by atoms with Gasteiger partial charge in [0.05, 0.1) is 29.7 Å². The van der Waals surface area contributed by atoms with Gasteiger partial charge in [-0.05, 0) is 42.7 Å². The summed E-state index contributed by atoms with van der Waals surface area (Å²) in [7, 11) is 1.62. The van der Waals surface area contributed by atoms with Crippen LogP contribution < -0.4 is 21.1 Å². The number of nitrogens with two attached hydrogens (primary N) is 2. The first kappa shape index (κ1) is 21.5. The molecule has 4 N–H and O–H groups in total. The Morgan fingerprint density at radius 2 is 2.06 bits per heavy atom. The fraction of sp³-hybridized carbons (Fsp3) is 0.292. The highest BCUT2D eigenvalue weighted by Crippen LogP contribution is 2.34. The van der Waals surface area contributed by atoms with Crippen LogP contribution in [0.2, 0.25) is 5.02 Å². The summed E-state index contributed by atoms with van der Waals surface area (Å²) in [6.45, 7) is 1.76. The van der Waals surface area contributed by atoms with E-state index in [0.29, 0.717) is 28.7 Å². The summed E-state index contributed by atoms with van der Waals surface area (Å²) in [5.74, 6) is 1.12. The van der Waals surface area contributed by atoms with Crippen LogP contribution >= 0.6 is 11.6 Å². The van der Waals surface area contributed by atoms with Crippen LogP contribution in [-0.4, -0.2) is 45.6 Å². The molecule has 9 heteroatoms. The van der Waals surface area contributed by atoms with Crippen molar-refractivity contribution < 1.29 is 4.74 Å². The average molecular weight is 464 g/mol. The summed E-state index contributed by atoms with van der Waals surface area (Å²) >= 11 is 6.56. The van der Waals surface area contributed by atoms with E-state index in [4.69, 9.17) is 32.8 Å². The van der Waals surface area contributed by atoms with Crippen molar-refractivity contribution in [1.82, 2.24) is 19.4 Å². The maximum absolute atomic E-state index is 6.56. The van der Waals surface area contributed by atoms with Gasteiger partial charge in [0, 0.05) is 55.4 Å². The number of ether oxygens (including phenoxy) is 1. The molecule has 0 aliphatic carbocycles. The number of imidazole rings is 1. The van der Waals surface area contributed by atoms with Crippen LogP contribution in [0.3, 0.4) is 0 Å². The van der Waals surface area contributed by atoms with E-state index in [9.17, 15) is 0 Å². The molecule has 0 bridgehead atoms. The second-order valence-corrected chi connectivity index (χ2v) is 8.73. The van der Waals surface area contributed by atoms with Gasteiger partial charge in [-0.15, -0.1) is 0 Å². The van der Waals surface area contributed by atoms with Gasteiger partial charge in [-0.3, -0.25) is 9.38 Å². The number of methoxy groups -OCH3 is 1. The molecule has 0 radical (unpaired) electrons. The molecule has 5 rings (SSSR count). The number of piperidine rings is 1. The monoisotopic (exact) mass is 463 g/mol. The fourth-order valence-corrected chi connectivity index (χ4v) is 4.71. The van der Waals surface area contributed by atoms with Crippen molar-refractivity contribution in [1.29, 1.82) is 0 Å². The molecule has 8 nitrogen and oxygen atoms in total. The molecule has 1 aliphatic rings. The standard InChI is InChI=1S/C24H26ClN7O/c1-33-18-4-5-19(20(25)11-18)21-10-15(22(13-29-21)31-7-2-3-16(26)14-31)9-17-12-30-24-23(27)28-6-8-32(17)24/h4-6,8,10-13,16H,2-3,7,9,14,26H2,1H3,(H2,27,28)/t16-/m1/s1. The molecule has 170 valence electrons. The molecule has 4 heterocycles. The molecule has 0 spiro atoms. The molecule has 1 saturated heterocycles. The highest BCUT2D eigenvalue weighted by molar-refractivity contribution is 6.33. The first-order valence-electron chi connectivity index (χ1n) is 10.9. The lowest BCUT2D eigenvalue weighted by Gasteiger charge is -2.34. The number of fused-ring (bicyclic) bond motifs is 1. The van der Waals surface area contributed by atoms with Crippen LogP contribution in [0, 0.1) is 0 Å². The topological polar surface area (TPSA) is 108 Å². The van der Waals surface area contributed by atoms with Gasteiger partial charge in [0.2, 0.25) is 0 Å². The maximum Gasteiger partial charge on any atom is 0.180 e. The molecule has 3 aromatic heterocycles. The lowest BCUT2D eigenvalue weighted by molar-refractivity contribution is 0.415. The van der Waals surface area contributed by atoms with Crippen molar-refractivity contribution >= 4 is 28.8 Å². The Morgan fingerprint density at radius 3 is 2.85 bits per heavy atom.